The van der Waals surface area contributed by atoms with Crippen LogP contribution in [0.2, 0.25) is 0 Å². The molecular formula is C13H12BrFN2O. The van der Waals surface area contributed by atoms with E-state index in [9.17, 15) is 4.39 Å². The Hall–Kier alpha value is -1.46. The molecule has 0 saturated carbocycles. The first kappa shape index (κ1) is 13.0. The van der Waals surface area contributed by atoms with E-state index >= 15 is 0 Å². The quantitative estimate of drug-likeness (QED) is 0.943. The molecule has 3 nitrogen and oxygen atoms in total. The molecule has 0 aliphatic carbocycles. The number of pyridine rings is 1. The molecule has 1 aromatic heterocycles. The molecule has 0 spiro atoms. The summed E-state index contributed by atoms with van der Waals surface area (Å²) in [6, 6.07) is 8.01. The first-order valence-corrected chi connectivity index (χ1v) is 6.19. The number of hydrogen-bond acceptors (Lipinski definition) is 3. The highest BCUT2D eigenvalue weighted by Gasteiger charge is 2.07. The lowest BCUT2D eigenvalue weighted by molar-refractivity contribution is 0.426. The summed E-state index contributed by atoms with van der Waals surface area (Å²) in [5.41, 5.74) is 7.27. The smallest absolute Gasteiger partial charge is 0.219 e. The number of aryl methyl sites for hydroxylation is 1. The highest BCUT2D eigenvalue weighted by atomic mass is 79.9. The third-order valence-corrected chi connectivity index (χ3v) is 2.99. The fourth-order valence-corrected chi connectivity index (χ4v) is 1.85. The second kappa shape index (κ2) is 5.46. The fraction of sp³-hybridized carbons (Fsp3) is 0.154. The first-order valence-electron chi connectivity index (χ1n) is 5.39. The van der Waals surface area contributed by atoms with E-state index in [-0.39, 0.29) is 5.75 Å². The lowest BCUT2D eigenvalue weighted by atomic mass is 10.2. The average Bonchev–Trinajstić information content (AvgIpc) is 2.34. The average molecular weight is 311 g/mol. The molecular weight excluding hydrogens is 299 g/mol. The van der Waals surface area contributed by atoms with Crippen LogP contribution in [0.4, 0.5) is 4.39 Å². The molecule has 0 saturated heterocycles. The van der Waals surface area contributed by atoms with Gasteiger partial charge in [-0.1, -0.05) is 22.0 Å². The van der Waals surface area contributed by atoms with Crippen molar-refractivity contribution in [1.29, 1.82) is 0 Å². The summed E-state index contributed by atoms with van der Waals surface area (Å²) in [5.74, 6) is 0.0547. The third kappa shape index (κ3) is 2.86. The van der Waals surface area contributed by atoms with Gasteiger partial charge in [0, 0.05) is 22.8 Å². The van der Waals surface area contributed by atoms with E-state index in [1.165, 1.54) is 6.07 Å². The molecule has 94 valence electrons. The van der Waals surface area contributed by atoms with Crippen LogP contribution in [0.1, 0.15) is 11.3 Å². The Bertz CT molecular complexity index is 575. The van der Waals surface area contributed by atoms with Gasteiger partial charge in [0.25, 0.3) is 0 Å². The Morgan fingerprint density at radius 2 is 2.11 bits per heavy atom. The van der Waals surface area contributed by atoms with Crippen molar-refractivity contribution in [2.75, 3.05) is 0 Å². The topological polar surface area (TPSA) is 48.1 Å². The van der Waals surface area contributed by atoms with E-state index in [4.69, 9.17) is 10.5 Å². The maximum Gasteiger partial charge on any atom is 0.219 e. The number of aromatic nitrogens is 1. The number of rotatable bonds is 3. The highest BCUT2D eigenvalue weighted by molar-refractivity contribution is 9.10. The Kier molecular flexibility index (Phi) is 3.93. The van der Waals surface area contributed by atoms with Gasteiger partial charge >= 0.3 is 0 Å². The largest absolute Gasteiger partial charge is 0.436 e. The van der Waals surface area contributed by atoms with Crippen molar-refractivity contribution in [2.45, 2.75) is 13.5 Å². The highest BCUT2D eigenvalue weighted by Crippen LogP contribution is 2.27. The van der Waals surface area contributed by atoms with Gasteiger partial charge in [0.1, 0.15) is 0 Å². The van der Waals surface area contributed by atoms with E-state index in [0.717, 1.165) is 15.7 Å². The maximum absolute atomic E-state index is 13.5. The van der Waals surface area contributed by atoms with Crippen LogP contribution in [-0.2, 0) is 6.54 Å². The van der Waals surface area contributed by atoms with Crippen molar-refractivity contribution in [3.63, 3.8) is 0 Å². The van der Waals surface area contributed by atoms with Crippen molar-refractivity contribution in [3.8, 4) is 11.6 Å². The SMILES string of the molecule is Cc1nc(Oc2cc(Br)ccc2F)ccc1CN. The van der Waals surface area contributed by atoms with Crippen LogP contribution in [0.5, 0.6) is 11.6 Å². The minimum absolute atomic E-state index is 0.136. The predicted molar refractivity (Wildman–Crippen MR) is 71.0 cm³/mol. The molecule has 1 heterocycles. The van der Waals surface area contributed by atoms with Gasteiger partial charge < -0.3 is 10.5 Å². The second-order valence-corrected chi connectivity index (χ2v) is 4.69. The molecule has 2 N–H and O–H groups in total. The van der Waals surface area contributed by atoms with Crippen molar-refractivity contribution in [3.05, 3.63) is 51.9 Å². The predicted octanol–water partition coefficient (Wildman–Crippen LogP) is 3.54. The van der Waals surface area contributed by atoms with Gasteiger partial charge in [-0.3, -0.25) is 0 Å². The van der Waals surface area contributed by atoms with Crippen molar-refractivity contribution in [2.24, 2.45) is 5.73 Å². The van der Waals surface area contributed by atoms with Gasteiger partial charge in [-0.05, 0) is 30.7 Å². The van der Waals surface area contributed by atoms with Crippen LogP contribution >= 0.6 is 15.9 Å². The zero-order chi connectivity index (χ0) is 13.1. The number of hydrogen-bond donors (Lipinski definition) is 1. The zero-order valence-corrected chi connectivity index (χ0v) is 11.4. The molecule has 0 bridgehead atoms. The molecule has 0 radical (unpaired) electrons. The summed E-state index contributed by atoms with van der Waals surface area (Å²) in [6.07, 6.45) is 0. The van der Waals surface area contributed by atoms with E-state index in [1.54, 1.807) is 18.2 Å². The second-order valence-electron chi connectivity index (χ2n) is 3.77. The maximum atomic E-state index is 13.5. The Labute approximate surface area is 113 Å². The van der Waals surface area contributed by atoms with Crippen LogP contribution < -0.4 is 10.5 Å². The van der Waals surface area contributed by atoms with Crippen LogP contribution in [0.25, 0.3) is 0 Å². The summed E-state index contributed by atoms with van der Waals surface area (Å²) in [6.45, 7) is 2.26. The third-order valence-electron chi connectivity index (χ3n) is 2.50. The van der Waals surface area contributed by atoms with Gasteiger partial charge in [0.15, 0.2) is 11.6 Å². The van der Waals surface area contributed by atoms with Crippen molar-refractivity contribution >= 4 is 15.9 Å². The van der Waals surface area contributed by atoms with Gasteiger partial charge in [-0.15, -0.1) is 0 Å². The Morgan fingerprint density at radius 3 is 2.78 bits per heavy atom. The molecule has 2 rings (SSSR count). The van der Waals surface area contributed by atoms with Crippen LogP contribution in [0, 0.1) is 12.7 Å². The lowest BCUT2D eigenvalue weighted by Gasteiger charge is -2.08. The first-order chi connectivity index (χ1) is 8.60. The van der Waals surface area contributed by atoms with E-state index in [0.29, 0.717) is 12.4 Å². The summed E-state index contributed by atoms with van der Waals surface area (Å²) in [4.78, 5) is 4.23. The van der Waals surface area contributed by atoms with E-state index in [1.807, 2.05) is 13.0 Å². The number of benzene rings is 1. The summed E-state index contributed by atoms with van der Waals surface area (Å²) < 4.78 is 19.7. The fourth-order valence-electron chi connectivity index (χ4n) is 1.51. The summed E-state index contributed by atoms with van der Waals surface area (Å²) in [5, 5.41) is 0. The van der Waals surface area contributed by atoms with Gasteiger partial charge in [0.2, 0.25) is 5.88 Å². The van der Waals surface area contributed by atoms with Crippen LogP contribution in [0.15, 0.2) is 34.8 Å². The summed E-state index contributed by atoms with van der Waals surface area (Å²) in [7, 11) is 0. The molecule has 0 unspecified atom stereocenters. The summed E-state index contributed by atoms with van der Waals surface area (Å²) >= 11 is 3.26. The van der Waals surface area contributed by atoms with Crippen molar-refractivity contribution < 1.29 is 9.13 Å². The van der Waals surface area contributed by atoms with E-state index in [2.05, 4.69) is 20.9 Å². The molecule has 0 amide bonds. The monoisotopic (exact) mass is 310 g/mol. The molecule has 0 fully saturated rings. The van der Waals surface area contributed by atoms with Gasteiger partial charge in [-0.25, -0.2) is 9.37 Å². The number of halogens is 2. The standard InChI is InChI=1S/C13H12BrFN2O/c1-8-9(7-16)2-5-13(17-8)18-12-6-10(14)3-4-11(12)15/h2-6H,7,16H2,1H3. The number of nitrogens with zero attached hydrogens (tertiary/aromatic N) is 1. The molecule has 0 aliphatic heterocycles. The molecule has 2 aromatic rings. The van der Waals surface area contributed by atoms with Crippen molar-refractivity contribution in [1.82, 2.24) is 4.98 Å². The molecule has 0 atom stereocenters. The molecule has 5 heteroatoms. The Balaban J connectivity index is 2.28. The van der Waals surface area contributed by atoms with Gasteiger partial charge in [0.05, 0.1) is 0 Å². The number of nitrogens with two attached hydrogens (primary N) is 1. The normalized spacial score (nSPS) is 10.4. The van der Waals surface area contributed by atoms with Gasteiger partial charge in [-0.2, -0.15) is 0 Å². The minimum atomic E-state index is -0.430. The zero-order valence-electron chi connectivity index (χ0n) is 9.78. The molecule has 1 aromatic carbocycles. The van der Waals surface area contributed by atoms with E-state index < -0.39 is 5.82 Å². The molecule has 0 aliphatic rings. The molecule has 18 heavy (non-hydrogen) atoms. The van der Waals surface area contributed by atoms with Crippen LogP contribution in [-0.4, -0.2) is 4.98 Å². The lowest BCUT2D eigenvalue weighted by Crippen LogP contribution is -2.01. The Morgan fingerprint density at radius 1 is 1.33 bits per heavy atom. The van der Waals surface area contributed by atoms with Crippen LogP contribution in [0.3, 0.4) is 0 Å². The minimum Gasteiger partial charge on any atom is -0.436 e. The number of ether oxygens (including phenoxy) is 1.